The summed E-state index contributed by atoms with van der Waals surface area (Å²) in [4.78, 5) is 26.1. The Kier molecular flexibility index (Phi) is 4.59. The molecule has 1 aliphatic heterocycles. The van der Waals surface area contributed by atoms with Crippen LogP contribution >= 0.6 is 0 Å². The van der Waals surface area contributed by atoms with Crippen LogP contribution in [0.2, 0.25) is 0 Å². The molecule has 1 aromatic carbocycles. The van der Waals surface area contributed by atoms with E-state index in [0.717, 1.165) is 24.5 Å². The SMILES string of the molecule is Cc1cc2n(n1)CCCN2C(=O)CCC(=O)Nc1ccc(F)cc1. The number of benzene rings is 1. The molecule has 0 bridgehead atoms. The summed E-state index contributed by atoms with van der Waals surface area (Å²) in [6, 6.07) is 7.41. The van der Waals surface area contributed by atoms with Crippen LogP contribution in [0.3, 0.4) is 0 Å². The van der Waals surface area contributed by atoms with Crippen molar-refractivity contribution in [3.63, 3.8) is 0 Å². The molecule has 0 aliphatic carbocycles. The summed E-state index contributed by atoms with van der Waals surface area (Å²) >= 11 is 0. The van der Waals surface area contributed by atoms with Crippen molar-refractivity contribution in [2.24, 2.45) is 0 Å². The summed E-state index contributed by atoms with van der Waals surface area (Å²) in [5, 5.41) is 7.01. The largest absolute Gasteiger partial charge is 0.326 e. The second kappa shape index (κ2) is 6.82. The van der Waals surface area contributed by atoms with Gasteiger partial charge in [0.15, 0.2) is 0 Å². The predicted octanol–water partition coefficient (Wildman–Crippen LogP) is 2.49. The van der Waals surface area contributed by atoms with Crippen LogP contribution < -0.4 is 10.2 Å². The number of carbonyl (C=O) groups is 2. The van der Waals surface area contributed by atoms with Crippen molar-refractivity contribution in [2.45, 2.75) is 32.7 Å². The number of halogens is 1. The van der Waals surface area contributed by atoms with Crippen LogP contribution in [0.5, 0.6) is 0 Å². The Hall–Kier alpha value is -2.70. The number of amides is 2. The zero-order valence-electron chi connectivity index (χ0n) is 13.5. The molecule has 3 rings (SSSR count). The number of anilines is 2. The first kappa shape index (κ1) is 16.2. The minimum absolute atomic E-state index is 0.0832. The van der Waals surface area contributed by atoms with Gasteiger partial charge in [-0.05, 0) is 37.6 Å². The van der Waals surface area contributed by atoms with Crippen molar-refractivity contribution in [3.8, 4) is 0 Å². The fourth-order valence-corrected chi connectivity index (χ4v) is 2.77. The van der Waals surface area contributed by atoms with E-state index in [0.29, 0.717) is 12.2 Å². The second-order valence-electron chi connectivity index (χ2n) is 5.82. The molecule has 2 aromatic rings. The van der Waals surface area contributed by atoms with Crippen LogP contribution in [0.25, 0.3) is 0 Å². The molecule has 7 heteroatoms. The molecule has 0 atom stereocenters. The number of hydrogen-bond acceptors (Lipinski definition) is 3. The average Bonchev–Trinajstić information content (AvgIpc) is 2.94. The zero-order valence-corrected chi connectivity index (χ0v) is 13.5. The van der Waals surface area contributed by atoms with Crippen molar-refractivity contribution >= 4 is 23.3 Å². The Balaban J connectivity index is 1.56. The summed E-state index contributed by atoms with van der Waals surface area (Å²) in [5.74, 6) is 0.0737. The molecule has 2 heterocycles. The van der Waals surface area contributed by atoms with Crippen LogP contribution in [-0.2, 0) is 16.1 Å². The first-order valence-electron chi connectivity index (χ1n) is 7.93. The molecule has 0 fully saturated rings. The monoisotopic (exact) mass is 330 g/mol. The van der Waals surface area contributed by atoms with Gasteiger partial charge in [0.1, 0.15) is 11.6 Å². The van der Waals surface area contributed by atoms with Gasteiger partial charge in [-0.1, -0.05) is 0 Å². The van der Waals surface area contributed by atoms with E-state index in [1.54, 1.807) is 4.90 Å². The van der Waals surface area contributed by atoms with Crippen LogP contribution in [0.1, 0.15) is 25.0 Å². The molecule has 6 nitrogen and oxygen atoms in total. The van der Waals surface area contributed by atoms with E-state index < -0.39 is 0 Å². The van der Waals surface area contributed by atoms with Crippen molar-refractivity contribution < 1.29 is 14.0 Å². The van der Waals surface area contributed by atoms with E-state index in [4.69, 9.17) is 0 Å². The lowest BCUT2D eigenvalue weighted by molar-refractivity contribution is -0.122. The third-order valence-electron chi connectivity index (χ3n) is 3.90. The van der Waals surface area contributed by atoms with E-state index in [9.17, 15) is 14.0 Å². The van der Waals surface area contributed by atoms with Gasteiger partial charge in [-0.25, -0.2) is 9.07 Å². The van der Waals surface area contributed by atoms with E-state index >= 15 is 0 Å². The summed E-state index contributed by atoms with van der Waals surface area (Å²) < 4.78 is 14.7. The lowest BCUT2D eigenvalue weighted by Crippen LogP contribution is -2.37. The van der Waals surface area contributed by atoms with Gasteiger partial charge >= 0.3 is 0 Å². The number of fused-ring (bicyclic) bond motifs is 1. The van der Waals surface area contributed by atoms with Gasteiger partial charge in [0.2, 0.25) is 11.8 Å². The number of rotatable bonds is 4. The predicted molar refractivity (Wildman–Crippen MR) is 88.2 cm³/mol. The fourth-order valence-electron chi connectivity index (χ4n) is 2.77. The second-order valence-corrected chi connectivity index (χ2v) is 5.82. The van der Waals surface area contributed by atoms with Gasteiger partial charge in [-0.15, -0.1) is 0 Å². The fraction of sp³-hybridized carbons (Fsp3) is 0.353. The maximum atomic E-state index is 12.8. The molecule has 126 valence electrons. The normalized spacial score (nSPS) is 13.5. The Bertz CT molecular complexity index is 754. The molecule has 0 saturated carbocycles. The number of aryl methyl sites for hydroxylation is 2. The molecule has 24 heavy (non-hydrogen) atoms. The standard InChI is InChI=1S/C17H19FN4O2/c1-12-11-16-21(9-2-10-22(16)20-12)17(24)8-7-15(23)19-14-5-3-13(18)4-6-14/h3-6,11H,2,7-10H2,1H3,(H,19,23). The van der Waals surface area contributed by atoms with E-state index in [1.807, 2.05) is 17.7 Å². The van der Waals surface area contributed by atoms with Crippen LogP contribution in [-0.4, -0.2) is 28.1 Å². The minimum Gasteiger partial charge on any atom is -0.326 e. The first-order chi connectivity index (χ1) is 11.5. The third kappa shape index (κ3) is 3.61. The highest BCUT2D eigenvalue weighted by Gasteiger charge is 2.24. The van der Waals surface area contributed by atoms with E-state index in [-0.39, 0.29) is 30.5 Å². The van der Waals surface area contributed by atoms with Gasteiger partial charge in [0.25, 0.3) is 0 Å². The lowest BCUT2D eigenvalue weighted by Gasteiger charge is -2.27. The third-order valence-corrected chi connectivity index (χ3v) is 3.90. The van der Waals surface area contributed by atoms with Crippen molar-refractivity contribution in [1.82, 2.24) is 9.78 Å². The summed E-state index contributed by atoms with van der Waals surface area (Å²) in [5.41, 5.74) is 1.39. The van der Waals surface area contributed by atoms with Crippen LogP contribution in [0.4, 0.5) is 15.9 Å². The molecule has 0 spiro atoms. The Morgan fingerprint density at radius 1 is 1.21 bits per heavy atom. The van der Waals surface area contributed by atoms with Gasteiger partial charge in [-0.3, -0.25) is 14.5 Å². The number of aromatic nitrogens is 2. The van der Waals surface area contributed by atoms with Crippen LogP contribution in [0, 0.1) is 12.7 Å². The molecule has 0 radical (unpaired) electrons. The maximum Gasteiger partial charge on any atom is 0.228 e. The summed E-state index contributed by atoms with van der Waals surface area (Å²) in [7, 11) is 0. The van der Waals surface area contributed by atoms with Gasteiger partial charge < -0.3 is 5.32 Å². The molecule has 0 unspecified atom stereocenters. The minimum atomic E-state index is -0.361. The molecular formula is C17H19FN4O2. The lowest BCUT2D eigenvalue weighted by atomic mass is 10.2. The smallest absolute Gasteiger partial charge is 0.228 e. The van der Waals surface area contributed by atoms with E-state index in [2.05, 4.69) is 10.4 Å². The number of carbonyl (C=O) groups excluding carboxylic acids is 2. The van der Waals surface area contributed by atoms with Crippen molar-refractivity contribution in [1.29, 1.82) is 0 Å². The number of hydrogen-bond donors (Lipinski definition) is 1. The van der Waals surface area contributed by atoms with E-state index in [1.165, 1.54) is 24.3 Å². The van der Waals surface area contributed by atoms with Gasteiger partial charge in [0, 0.05) is 37.7 Å². The molecule has 0 saturated heterocycles. The first-order valence-corrected chi connectivity index (χ1v) is 7.93. The van der Waals surface area contributed by atoms with Gasteiger partial charge in [0.05, 0.1) is 5.69 Å². The molecule has 2 amide bonds. The zero-order chi connectivity index (χ0) is 17.1. The Labute approximate surface area is 139 Å². The average molecular weight is 330 g/mol. The van der Waals surface area contributed by atoms with Gasteiger partial charge in [-0.2, -0.15) is 5.10 Å². The highest BCUT2D eigenvalue weighted by Crippen LogP contribution is 2.22. The summed E-state index contributed by atoms with van der Waals surface area (Å²) in [6.45, 7) is 3.34. The molecule has 1 aromatic heterocycles. The molecular weight excluding hydrogens is 311 g/mol. The Morgan fingerprint density at radius 2 is 1.96 bits per heavy atom. The quantitative estimate of drug-likeness (QED) is 0.936. The van der Waals surface area contributed by atoms with Crippen molar-refractivity contribution in [2.75, 3.05) is 16.8 Å². The highest BCUT2D eigenvalue weighted by atomic mass is 19.1. The van der Waals surface area contributed by atoms with Crippen molar-refractivity contribution in [3.05, 3.63) is 41.8 Å². The summed E-state index contributed by atoms with van der Waals surface area (Å²) in [6.07, 6.45) is 1.05. The topological polar surface area (TPSA) is 67.2 Å². The number of nitrogens with zero attached hydrogens (tertiary/aromatic N) is 3. The van der Waals surface area contributed by atoms with Crippen LogP contribution in [0.15, 0.2) is 30.3 Å². The highest BCUT2D eigenvalue weighted by molar-refractivity contribution is 5.97. The number of nitrogens with one attached hydrogen (secondary N) is 1. The maximum absolute atomic E-state index is 12.8. The molecule has 1 N–H and O–H groups in total. The Morgan fingerprint density at radius 3 is 2.71 bits per heavy atom. The molecule has 1 aliphatic rings.